The summed E-state index contributed by atoms with van der Waals surface area (Å²) in [7, 11) is -3.73. The van der Waals surface area contributed by atoms with Crippen LogP contribution in [-0.2, 0) is 26.2 Å². The fourth-order valence-electron chi connectivity index (χ4n) is 3.04. The number of amides is 2. The number of halogens is 1. The number of anilines is 1. The summed E-state index contributed by atoms with van der Waals surface area (Å²) in [6, 6.07) is 15.2. The summed E-state index contributed by atoms with van der Waals surface area (Å²) in [4.78, 5) is 27.5. The number of hydrogen-bond donors (Lipinski definition) is 1. The van der Waals surface area contributed by atoms with Crippen LogP contribution in [0.4, 0.5) is 5.69 Å². The third-order valence-corrected chi connectivity index (χ3v) is 6.51. The zero-order chi connectivity index (χ0) is 23.9. The van der Waals surface area contributed by atoms with Gasteiger partial charge in [0, 0.05) is 17.6 Å². The molecule has 0 aliphatic heterocycles. The molecule has 2 rings (SSSR count). The first-order valence-corrected chi connectivity index (χ1v) is 13.0. The van der Waals surface area contributed by atoms with E-state index in [1.54, 1.807) is 31.2 Å². The molecule has 0 unspecified atom stereocenters. The van der Waals surface area contributed by atoms with Gasteiger partial charge in [0.2, 0.25) is 21.8 Å². The van der Waals surface area contributed by atoms with E-state index in [4.69, 9.17) is 0 Å². The summed E-state index contributed by atoms with van der Waals surface area (Å²) in [5, 5.41) is 2.85. The van der Waals surface area contributed by atoms with E-state index in [-0.39, 0.29) is 18.4 Å². The molecule has 0 heterocycles. The molecule has 0 aromatic heterocycles. The van der Waals surface area contributed by atoms with Crippen LogP contribution in [0.3, 0.4) is 0 Å². The summed E-state index contributed by atoms with van der Waals surface area (Å²) in [6.45, 7) is 5.90. The first kappa shape index (κ1) is 25.9. The van der Waals surface area contributed by atoms with Crippen molar-refractivity contribution in [1.82, 2.24) is 10.2 Å². The van der Waals surface area contributed by atoms with E-state index < -0.39 is 28.5 Å². The molecule has 1 N–H and O–H groups in total. The van der Waals surface area contributed by atoms with Crippen LogP contribution in [0.2, 0.25) is 0 Å². The number of nitrogens with one attached hydrogen (secondary N) is 1. The Kier molecular flexibility index (Phi) is 9.27. The van der Waals surface area contributed by atoms with Crippen LogP contribution in [0.1, 0.15) is 26.3 Å². The van der Waals surface area contributed by atoms with E-state index in [0.717, 1.165) is 20.6 Å². The monoisotopic (exact) mass is 523 g/mol. The van der Waals surface area contributed by atoms with Crippen LogP contribution in [-0.4, -0.2) is 50.5 Å². The second-order valence-electron chi connectivity index (χ2n) is 8.07. The van der Waals surface area contributed by atoms with Crippen molar-refractivity contribution in [1.29, 1.82) is 0 Å². The number of benzene rings is 2. The number of carbonyl (C=O) groups is 2. The van der Waals surface area contributed by atoms with Gasteiger partial charge in [0.05, 0.1) is 11.9 Å². The van der Waals surface area contributed by atoms with Crippen LogP contribution in [0.15, 0.2) is 59.1 Å². The van der Waals surface area contributed by atoms with Crippen molar-refractivity contribution < 1.29 is 18.0 Å². The second kappa shape index (κ2) is 11.5. The first-order chi connectivity index (χ1) is 15.0. The van der Waals surface area contributed by atoms with Gasteiger partial charge in [-0.15, -0.1) is 0 Å². The molecule has 0 radical (unpaired) electrons. The van der Waals surface area contributed by atoms with Crippen LogP contribution in [0, 0.1) is 5.92 Å². The van der Waals surface area contributed by atoms with Crippen molar-refractivity contribution in [2.45, 2.75) is 33.4 Å². The Morgan fingerprint density at radius 3 is 2.12 bits per heavy atom. The lowest BCUT2D eigenvalue weighted by atomic mass is 10.1. The molecule has 2 aromatic rings. The molecule has 0 bridgehead atoms. The summed E-state index contributed by atoms with van der Waals surface area (Å²) in [5.41, 5.74) is 1.22. The minimum atomic E-state index is -3.73. The maximum atomic E-state index is 13.4. The Hall–Kier alpha value is -2.39. The van der Waals surface area contributed by atoms with Gasteiger partial charge >= 0.3 is 0 Å². The maximum Gasteiger partial charge on any atom is 0.244 e. The third kappa shape index (κ3) is 7.63. The Bertz CT molecular complexity index is 1010. The minimum absolute atomic E-state index is 0.188. The molecule has 9 heteroatoms. The molecule has 174 valence electrons. The highest BCUT2D eigenvalue weighted by atomic mass is 79.9. The highest BCUT2D eigenvalue weighted by molar-refractivity contribution is 9.10. The van der Waals surface area contributed by atoms with Gasteiger partial charge in [-0.2, -0.15) is 0 Å². The fraction of sp³-hybridized carbons (Fsp3) is 0.391. The Labute approximate surface area is 199 Å². The zero-order valence-corrected chi connectivity index (χ0v) is 21.2. The van der Waals surface area contributed by atoms with Crippen molar-refractivity contribution in [3.63, 3.8) is 0 Å². The van der Waals surface area contributed by atoms with Gasteiger partial charge in [-0.05, 0) is 42.7 Å². The fourth-order valence-corrected chi connectivity index (χ4v) is 4.15. The van der Waals surface area contributed by atoms with Crippen molar-refractivity contribution in [3.8, 4) is 0 Å². The maximum absolute atomic E-state index is 13.4. The molecule has 1 atom stereocenters. The Morgan fingerprint density at radius 1 is 1.00 bits per heavy atom. The van der Waals surface area contributed by atoms with E-state index in [0.29, 0.717) is 12.2 Å². The second-order valence-corrected chi connectivity index (χ2v) is 10.9. The van der Waals surface area contributed by atoms with Crippen molar-refractivity contribution >= 4 is 43.5 Å². The normalized spacial score (nSPS) is 12.3. The van der Waals surface area contributed by atoms with E-state index in [1.807, 2.05) is 44.2 Å². The predicted octanol–water partition coefficient (Wildman–Crippen LogP) is 3.40. The molecule has 0 saturated heterocycles. The summed E-state index contributed by atoms with van der Waals surface area (Å²) in [6.07, 6.45) is 1.06. The molecular weight excluding hydrogens is 494 g/mol. The minimum Gasteiger partial charge on any atom is -0.354 e. The smallest absolute Gasteiger partial charge is 0.244 e. The first-order valence-electron chi connectivity index (χ1n) is 10.3. The van der Waals surface area contributed by atoms with E-state index in [2.05, 4.69) is 21.2 Å². The summed E-state index contributed by atoms with van der Waals surface area (Å²) < 4.78 is 26.8. The standard InChI is InChI=1S/C23H30BrN3O4S/c1-17(2)14-25-23(29)18(3)26(15-19-8-6-5-7-9-19)22(28)16-27(32(4,30)31)21-12-10-20(24)11-13-21/h5-13,17-18H,14-16H2,1-4H3,(H,25,29)/t18-/m1/s1. The van der Waals surface area contributed by atoms with E-state index >= 15 is 0 Å². The number of nitrogens with zero attached hydrogens (tertiary/aromatic N) is 2. The van der Waals surface area contributed by atoms with Crippen LogP contribution < -0.4 is 9.62 Å². The number of sulfonamides is 1. The Morgan fingerprint density at radius 2 is 1.59 bits per heavy atom. The predicted molar refractivity (Wildman–Crippen MR) is 131 cm³/mol. The lowest BCUT2D eigenvalue weighted by molar-refractivity contribution is -0.139. The number of rotatable bonds is 10. The third-order valence-electron chi connectivity index (χ3n) is 4.84. The summed E-state index contributed by atoms with van der Waals surface area (Å²) in [5.74, 6) is -0.477. The summed E-state index contributed by atoms with van der Waals surface area (Å²) >= 11 is 3.33. The lowest BCUT2D eigenvalue weighted by Crippen LogP contribution is -2.51. The molecule has 32 heavy (non-hydrogen) atoms. The average molecular weight is 524 g/mol. The van der Waals surface area contributed by atoms with Crippen LogP contribution >= 0.6 is 15.9 Å². The van der Waals surface area contributed by atoms with Gasteiger partial charge in [0.15, 0.2) is 0 Å². The molecule has 2 aromatic carbocycles. The Balaban J connectivity index is 2.32. The number of carbonyl (C=O) groups excluding carboxylic acids is 2. The van der Waals surface area contributed by atoms with Crippen LogP contribution in [0.5, 0.6) is 0 Å². The number of hydrogen-bond acceptors (Lipinski definition) is 4. The highest BCUT2D eigenvalue weighted by Gasteiger charge is 2.30. The van der Waals surface area contributed by atoms with Crippen LogP contribution in [0.25, 0.3) is 0 Å². The highest BCUT2D eigenvalue weighted by Crippen LogP contribution is 2.21. The molecule has 0 fully saturated rings. The van der Waals surface area contributed by atoms with Crippen molar-refractivity contribution in [3.05, 3.63) is 64.6 Å². The van der Waals surface area contributed by atoms with Gasteiger partial charge < -0.3 is 10.2 Å². The van der Waals surface area contributed by atoms with E-state index in [9.17, 15) is 18.0 Å². The molecule has 2 amide bonds. The molecule has 7 nitrogen and oxygen atoms in total. The van der Waals surface area contributed by atoms with E-state index in [1.165, 1.54) is 4.90 Å². The van der Waals surface area contributed by atoms with Gasteiger partial charge in [-0.25, -0.2) is 8.42 Å². The zero-order valence-electron chi connectivity index (χ0n) is 18.8. The topological polar surface area (TPSA) is 86.8 Å². The van der Waals surface area contributed by atoms with Gasteiger partial charge in [-0.1, -0.05) is 60.1 Å². The molecule has 0 spiro atoms. The van der Waals surface area contributed by atoms with Crippen molar-refractivity contribution in [2.24, 2.45) is 5.92 Å². The molecular formula is C23H30BrN3O4S. The molecule has 0 aliphatic rings. The van der Waals surface area contributed by atoms with Gasteiger partial charge in [0.1, 0.15) is 12.6 Å². The lowest BCUT2D eigenvalue weighted by Gasteiger charge is -2.31. The largest absolute Gasteiger partial charge is 0.354 e. The average Bonchev–Trinajstić information content (AvgIpc) is 2.74. The van der Waals surface area contributed by atoms with Gasteiger partial charge in [-0.3, -0.25) is 13.9 Å². The van der Waals surface area contributed by atoms with Gasteiger partial charge in [0.25, 0.3) is 0 Å². The molecule has 0 aliphatic carbocycles. The SMILES string of the molecule is CC(C)CNC(=O)[C@@H](C)N(Cc1ccccc1)C(=O)CN(c1ccc(Br)cc1)S(C)(=O)=O. The van der Waals surface area contributed by atoms with Crippen molar-refractivity contribution in [2.75, 3.05) is 23.7 Å². The molecule has 0 saturated carbocycles. The quantitative estimate of drug-likeness (QED) is 0.516.